The van der Waals surface area contributed by atoms with Crippen molar-refractivity contribution < 1.29 is 9.84 Å². The number of ether oxygens (including phenoxy) is 1. The number of hydrogen-bond donors (Lipinski definition) is 2. The Bertz CT molecular complexity index is 498. The van der Waals surface area contributed by atoms with Gasteiger partial charge in [-0.25, -0.2) is 4.98 Å². The van der Waals surface area contributed by atoms with Crippen molar-refractivity contribution in [3.63, 3.8) is 0 Å². The highest BCUT2D eigenvalue weighted by molar-refractivity contribution is 5.51. The summed E-state index contributed by atoms with van der Waals surface area (Å²) in [5.74, 6) is 0.935. The number of pyridine rings is 1. The molecule has 0 saturated heterocycles. The number of anilines is 1. The summed E-state index contributed by atoms with van der Waals surface area (Å²) in [5, 5.41) is 16.0. The summed E-state index contributed by atoms with van der Waals surface area (Å²) in [4.78, 5) is 4.17. The van der Waals surface area contributed by atoms with E-state index in [0.29, 0.717) is 13.2 Å². The number of nitrogens with one attached hydrogen (secondary N) is 1. The number of hydrogen-bond acceptors (Lipinski definition) is 5. The van der Waals surface area contributed by atoms with Crippen molar-refractivity contribution in [2.24, 2.45) is 0 Å². The van der Waals surface area contributed by atoms with Crippen molar-refractivity contribution in [2.45, 2.75) is 13.3 Å². The fourth-order valence-electron chi connectivity index (χ4n) is 1.74. The van der Waals surface area contributed by atoms with Crippen LogP contribution in [-0.2, 0) is 4.74 Å². The summed E-state index contributed by atoms with van der Waals surface area (Å²) in [6.45, 7) is 3.94. The van der Waals surface area contributed by atoms with Gasteiger partial charge in [-0.15, -0.1) is 0 Å². The lowest BCUT2D eigenvalue weighted by molar-refractivity contribution is 0.0922. The lowest BCUT2D eigenvalue weighted by atomic mass is 10.3. The molecule has 0 aliphatic rings. The first kappa shape index (κ1) is 12.8. The van der Waals surface area contributed by atoms with Gasteiger partial charge in [-0.05, 0) is 31.0 Å². The fourth-order valence-corrected chi connectivity index (χ4v) is 1.74. The molecule has 2 aromatic heterocycles. The average molecular weight is 250 g/mol. The van der Waals surface area contributed by atoms with Crippen LogP contribution in [0.5, 0.6) is 0 Å². The van der Waals surface area contributed by atoms with Gasteiger partial charge in [0.15, 0.2) is 5.65 Å². The second kappa shape index (κ2) is 6.32. The first-order valence-corrected chi connectivity index (χ1v) is 6.04. The average Bonchev–Trinajstić information content (AvgIpc) is 2.81. The van der Waals surface area contributed by atoms with Crippen molar-refractivity contribution >= 4 is 11.5 Å². The molecule has 6 heteroatoms. The largest absolute Gasteiger partial charge is 0.394 e. The Kier molecular flexibility index (Phi) is 4.49. The van der Waals surface area contributed by atoms with E-state index in [2.05, 4.69) is 15.4 Å². The van der Waals surface area contributed by atoms with Gasteiger partial charge in [0.2, 0.25) is 0 Å². The van der Waals surface area contributed by atoms with E-state index in [-0.39, 0.29) is 6.61 Å². The van der Waals surface area contributed by atoms with Crippen molar-refractivity contribution in [1.29, 1.82) is 0 Å². The van der Waals surface area contributed by atoms with E-state index in [4.69, 9.17) is 9.84 Å². The van der Waals surface area contributed by atoms with E-state index in [1.807, 2.05) is 19.1 Å². The molecule has 2 heterocycles. The number of aryl methyl sites for hydroxylation is 1. The van der Waals surface area contributed by atoms with Gasteiger partial charge in [0.25, 0.3) is 0 Å². The Labute approximate surface area is 106 Å². The Morgan fingerprint density at radius 1 is 1.39 bits per heavy atom. The molecule has 2 rings (SSSR count). The number of fused-ring (bicyclic) bond motifs is 1. The summed E-state index contributed by atoms with van der Waals surface area (Å²) in [6.07, 6.45) is 2.43. The van der Waals surface area contributed by atoms with Crippen LogP contribution in [0.15, 0.2) is 18.5 Å². The van der Waals surface area contributed by atoms with Gasteiger partial charge < -0.3 is 15.2 Å². The van der Waals surface area contributed by atoms with Crippen LogP contribution in [0.1, 0.15) is 12.0 Å². The number of aromatic nitrogens is 3. The number of nitrogens with zero attached hydrogens (tertiary/aromatic N) is 3. The molecule has 0 aromatic carbocycles. The molecule has 2 N–H and O–H groups in total. The highest BCUT2D eigenvalue weighted by atomic mass is 16.5. The molecule has 0 radical (unpaired) electrons. The number of aliphatic hydroxyl groups is 1. The first-order valence-electron chi connectivity index (χ1n) is 6.04. The second-order valence-corrected chi connectivity index (χ2v) is 4.06. The first-order chi connectivity index (χ1) is 8.81. The van der Waals surface area contributed by atoms with E-state index >= 15 is 0 Å². The molecular formula is C12H18N4O2. The van der Waals surface area contributed by atoms with Gasteiger partial charge >= 0.3 is 0 Å². The van der Waals surface area contributed by atoms with Gasteiger partial charge in [0, 0.05) is 13.2 Å². The predicted molar refractivity (Wildman–Crippen MR) is 68.7 cm³/mol. The molecule has 18 heavy (non-hydrogen) atoms. The molecule has 0 spiro atoms. The third-order valence-corrected chi connectivity index (χ3v) is 2.53. The molecular weight excluding hydrogens is 232 g/mol. The smallest absolute Gasteiger partial charge is 0.157 e. The van der Waals surface area contributed by atoms with Crippen LogP contribution in [0.4, 0.5) is 5.82 Å². The van der Waals surface area contributed by atoms with E-state index in [0.717, 1.165) is 30.0 Å². The maximum absolute atomic E-state index is 8.57. The third-order valence-electron chi connectivity index (χ3n) is 2.53. The van der Waals surface area contributed by atoms with Crippen molar-refractivity contribution in [3.8, 4) is 0 Å². The Morgan fingerprint density at radius 2 is 2.28 bits per heavy atom. The molecule has 2 aromatic rings. The van der Waals surface area contributed by atoms with Crippen LogP contribution in [0.2, 0.25) is 0 Å². The van der Waals surface area contributed by atoms with Crippen LogP contribution in [0, 0.1) is 6.92 Å². The molecule has 0 bridgehead atoms. The molecule has 6 nitrogen and oxygen atoms in total. The van der Waals surface area contributed by atoms with E-state index in [1.165, 1.54) is 0 Å². The molecule has 0 unspecified atom stereocenters. The topological polar surface area (TPSA) is 71.7 Å². The fraction of sp³-hybridized carbons (Fsp3) is 0.500. The summed E-state index contributed by atoms with van der Waals surface area (Å²) < 4.78 is 6.97. The summed E-state index contributed by atoms with van der Waals surface area (Å²) >= 11 is 0. The molecule has 0 atom stereocenters. The van der Waals surface area contributed by atoms with Crippen molar-refractivity contribution in [3.05, 3.63) is 24.0 Å². The van der Waals surface area contributed by atoms with Crippen LogP contribution >= 0.6 is 0 Å². The zero-order valence-electron chi connectivity index (χ0n) is 10.5. The number of rotatable bonds is 7. The van der Waals surface area contributed by atoms with Crippen LogP contribution in [0.25, 0.3) is 5.65 Å². The van der Waals surface area contributed by atoms with Crippen molar-refractivity contribution in [2.75, 3.05) is 31.7 Å². The van der Waals surface area contributed by atoms with E-state index < -0.39 is 0 Å². The van der Waals surface area contributed by atoms with Gasteiger partial charge in [0.1, 0.15) is 12.1 Å². The summed E-state index contributed by atoms with van der Waals surface area (Å²) in [7, 11) is 0. The van der Waals surface area contributed by atoms with Gasteiger partial charge in [-0.1, -0.05) is 0 Å². The van der Waals surface area contributed by atoms with Crippen molar-refractivity contribution in [1.82, 2.24) is 14.6 Å². The van der Waals surface area contributed by atoms with Crippen LogP contribution in [-0.4, -0.2) is 46.1 Å². The van der Waals surface area contributed by atoms with E-state index in [1.54, 1.807) is 10.8 Å². The molecule has 0 amide bonds. The van der Waals surface area contributed by atoms with Crippen LogP contribution < -0.4 is 5.32 Å². The summed E-state index contributed by atoms with van der Waals surface area (Å²) in [6, 6.07) is 4.03. The highest BCUT2D eigenvalue weighted by Crippen LogP contribution is 2.12. The normalized spacial score (nSPS) is 11.0. The van der Waals surface area contributed by atoms with Gasteiger partial charge in [-0.3, -0.25) is 0 Å². The van der Waals surface area contributed by atoms with E-state index in [9.17, 15) is 0 Å². The second-order valence-electron chi connectivity index (χ2n) is 4.06. The molecule has 0 aliphatic carbocycles. The standard InChI is InChI=1S/C12H18N4O2/c1-10-7-11(13-3-2-5-18-6-4-17)16-12(8-10)14-9-15-16/h7-9,13,17H,2-6H2,1H3. The lowest BCUT2D eigenvalue weighted by Crippen LogP contribution is -2.10. The maximum Gasteiger partial charge on any atom is 0.157 e. The minimum atomic E-state index is 0.0743. The Morgan fingerprint density at radius 3 is 3.11 bits per heavy atom. The summed E-state index contributed by atoms with van der Waals surface area (Å²) in [5.41, 5.74) is 1.99. The lowest BCUT2D eigenvalue weighted by Gasteiger charge is -2.09. The molecule has 0 fully saturated rings. The minimum absolute atomic E-state index is 0.0743. The highest BCUT2D eigenvalue weighted by Gasteiger charge is 2.03. The van der Waals surface area contributed by atoms with Crippen LogP contribution in [0.3, 0.4) is 0 Å². The number of aliphatic hydroxyl groups excluding tert-OH is 1. The third kappa shape index (κ3) is 3.18. The monoisotopic (exact) mass is 250 g/mol. The Balaban J connectivity index is 1.89. The zero-order valence-corrected chi connectivity index (χ0v) is 10.5. The molecule has 0 aliphatic heterocycles. The SMILES string of the molecule is Cc1cc(NCCCOCCO)n2ncnc2c1. The maximum atomic E-state index is 8.57. The zero-order chi connectivity index (χ0) is 12.8. The Hall–Kier alpha value is -1.66. The predicted octanol–water partition coefficient (Wildman–Crippen LogP) is 0.849. The van der Waals surface area contributed by atoms with Gasteiger partial charge in [-0.2, -0.15) is 9.61 Å². The minimum Gasteiger partial charge on any atom is -0.394 e. The molecule has 98 valence electrons. The quantitative estimate of drug-likeness (QED) is 0.713. The molecule has 0 saturated carbocycles. The van der Waals surface area contributed by atoms with Gasteiger partial charge in [0.05, 0.1) is 13.2 Å².